The van der Waals surface area contributed by atoms with Gasteiger partial charge >= 0.3 is 0 Å². The van der Waals surface area contributed by atoms with Crippen LogP contribution in [0.4, 0.5) is 0 Å². The van der Waals surface area contributed by atoms with Gasteiger partial charge in [-0.25, -0.2) is 0 Å². The van der Waals surface area contributed by atoms with Gasteiger partial charge < -0.3 is 9.47 Å². The summed E-state index contributed by atoms with van der Waals surface area (Å²) >= 11 is 1.43. The van der Waals surface area contributed by atoms with Crippen LogP contribution in [0.2, 0.25) is 0 Å². The van der Waals surface area contributed by atoms with Crippen LogP contribution in [-0.4, -0.2) is 26.1 Å². The number of carbonyl (C=O) groups excluding carboxylic acids is 1. The van der Waals surface area contributed by atoms with Crippen LogP contribution in [0.15, 0.2) is 41.8 Å². The third-order valence-corrected chi connectivity index (χ3v) is 3.29. The zero-order valence-electron chi connectivity index (χ0n) is 10.1. The number of ether oxygens (including phenoxy) is 2. The van der Waals surface area contributed by atoms with Crippen LogP contribution in [0.3, 0.4) is 0 Å². The molecule has 4 heteroatoms. The average molecular weight is 262 g/mol. The first kappa shape index (κ1) is 12.8. The van der Waals surface area contributed by atoms with E-state index in [0.29, 0.717) is 24.5 Å². The van der Waals surface area contributed by atoms with Crippen LogP contribution in [0.25, 0.3) is 0 Å². The zero-order chi connectivity index (χ0) is 12.8. The summed E-state index contributed by atoms with van der Waals surface area (Å²) in [5.41, 5.74) is 0.594. The summed E-state index contributed by atoms with van der Waals surface area (Å²) < 4.78 is 10.5. The average Bonchev–Trinajstić information content (AvgIpc) is 2.93. The molecule has 0 bridgehead atoms. The molecule has 0 aliphatic heterocycles. The predicted octanol–water partition coefficient (Wildman–Crippen LogP) is 3.00. The van der Waals surface area contributed by atoms with Crippen molar-refractivity contribution in [2.45, 2.75) is 0 Å². The van der Waals surface area contributed by atoms with Crippen LogP contribution in [0.5, 0.6) is 5.75 Å². The molecule has 3 nitrogen and oxygen atoms in total. The molecule has 0 radical (unpaired) electrons. The molecule has 0 aliphatic carbocycles. The topological polar surface area (TPSA) is 35.5 Å². The summed E-state index contributed by atoms with van der Waals surface area (Å²) in [6, 6.07) is 11.0. The fraction of sp³-hybridized carbons (Fsp3) is 0.214. The number of rotatable bonds is 6. The second-order valence-corrected chi connectivity index (χ2v) is 4.59. The Kier molecular flexibility index (Phi) is 4.50. The smallest absolute Gasteiger partial charge is 0.206 e. The van der Waals surface area contributed by atoms with E-state index in [2.05, 4.69) is 0 Å². The van der Waals surface area contributed by atoms with Crippen LogP contribution in [0.1, 0.15) is 15.2 Å². The van der Waals surface area contributed by atoms with Crippen LogP contribution in [-0.2, 0) is 4.74 Å². The molecule has 0 N–H and O–H groups in total. The molecule has 0 fully saturated rings. The van der Waals surface area contributed by atoms with Crippen molar-refractivity contribution in [2.75, 3.05) is 20.3 Å². The van der Waals surface area contributed by atoms with E-state index in [-0.39, 0.29) is 5.78 Å². The minimum absolute atomic E-state index is 0.00184. The van der Waals surface area contributed by atoms with Crippen molar-refractivity contribution in [1.82, 2.24) is 0 Å². The summed E-state index contributed by atoms with van der Waals surface area (Å²) in [5, 5.41) is 1.89. The second kappa shape index (κ2) is 6.33. The van der Waals surface area contributed by atoms with Gasteiger partial charge in [0.25, 0.3) is 0 Å². The third-order valence-electron chi connectivity index (χ3n) is 2.42. The monoisotopic (exact) mass is 262 g/mol. The number of hydrogen-bond donors (Lipinski definition) is 0. The van der Waals surface area contributed by atoms with E-state index in [1.54, 1.807) is 19.2 Å². The quantitative estimate of drug-likeness (QED) is 0.593. The lowest BCUT2D eigenvalue weighted by Gasteiger charge is -2.09. The Hall–Kier alpha value is -1.65. The molecule has 0 saturated heterocycles. The van der Waals surface area contributed by atoms with Gasteiger partial charge in [0.15, 0.2) is 0 Å². The van der Waals surface area contributed by atoms with Crippen LogP contribution in [0, 0.1) is 0 Å². The molecule has 1 aromatic carbocycles. The summed E-state index contributed by atoms with van der Waals surface area (Å²) in [5.74, 6) is 0.603. The van der Waals surface area contributed by atoms with Gasteiger partial charge in [-0.15, -0.1) is 11.3 Å². The lowest BCUT2D eigenvalue weighted by molar-refractivity contribution is 0.103. The fourth-order valence-electron chi connectivity index (χ4n) is 1.56. The number of thiophene rings is 1. The van der Waals surface area contributed by atoms with Gasteiger partial charge in [0.2, 0.25) is 5.78 Å². The summed E-state index contributed by atoms with van der Waals surface area (Å²) in [6.45, 7) is 0.937. The maximum atomic E-state index is 12.3. The fourth-order valence-corrected chi connectivity index (χ4v) is 2.23. The van der Waals surface area contributed by atoms with Gasteiger partial charge in [0.05, 0.1) is 17.0 Å². The van der Waals surface area contributed by atoms with Crippen LogP contribution < -0.4 is 4.74 Å². The Labute approximate surface area is 110 Å². The van der Waals surface area contributed by atoms with E-state index in [1.165, 1.54) is 11.3 Å². The Morgan fingerprint density at radius 2 is 2.00 bits per heavy atom. The summed E-state index contributed by atoms with van der Waals surface area (Å²) in [7, 11) is 1.62. The van der Waals surface area contributed by atoms with Crippen molar-refractivity contribution < 1.29 is 14.3 Å². The molecule has 0 saturated carbocycles. The number of carbonyl (C=O) groups is 1. The van der Waals surface area contributed by atoms with Gasteiger partial charge in [-0.05, 0) is 23.6 Å². The van der Waals surface area contributed by atoms with E-state index in [1.807, 2.05) is 29.6 Å². The van der Waals surface area contributed by atoms with Crippen molar-refractivity contribution in [3.63, 3.8) is 0 Å². The highest BCUT2D eigenvalue weighted by Crippen LogP contribution is 2.23. The molecule has 2 rings (SSSR count). The number of methoxy groups -OCH3 is 1. The number of ketones is 1. The van der Waals surface area contributed by atoms with E-state index in [4.69, 9.17) is 9.47 Å². The van der Waals surface area contributed by atoms with Gasteiger partial charge in [0.1, 0.15) is 12.4 Å². The van der Waals surface area contributed by atoms with Crippen molar-refractivity contribution in [1.29, 1.82) is 0 Å². The molecular formula is C14H14O3S. The van der Waals surface area contributed by atoms with Gasteiger partial charge in [-0.3, -0.25) is 4.79 Å². The van der Waals surface area contributed by atoms with Crippen molar-refractivity contribution in [3.05, 3.63) is 52.2 Å². The van der Waals surface area contributed by atoms with Gasteiger partial charge in [-0.2, -0.15) is 0 Å². The molecule has 1 heterocycles. The first-order valence-corrected chi connectivity index (χ1v) is 6.50. The standard InChI is InChI=1S/C14H14O3S/c1-16-8-9-17-12-6-3-2-5-11(12)14(15)13-7-4-10-18-13/h2-7,10H,8-9H2,1H3. The van der Waals surface area contributed by atoms with E-state index in [0.717, 1.165) is 4.88 Å². The lowest BCUT2D eigenvalue weighted by Crippen LogP contribution is -2.08. The van der Waals surface area contributed by atoms with Gasteiger partial charge in [0, 0.05) is 7.11 Å². The Morgan fingerprint density at radius 1 is 1.17 bits per heavy atom. The molecule has 2 aromatic rings. The molecule has 18 heavy (non-hydrogen) atoms. The number of para-hydroxylation sites is 1. The predicted molar refractivity (Wildman–Crippen MR) is 71.6 cm³/mol. The Balaban J connectivity index is 2.19. The first-order chi connectivity index (χ1) is 8.83. The zero-order valence-corrected chi connectivity index (χ0v) is 10.9. The number of hydrogen-bond acceptors (Lipinski definition) is 4. The molecule has 0 aliphatic rings. The first-order valence-electron chi connectivity index (χ1n) is 5.62. The number of benzene rings is 1. The van der Waals surface area contributed by atoms with Crippen molar-refractivity contribution in [2.24, 2.45) is 0 Å². The lowest BCUT2D eigenvalue weighted by atomic mass is 10.1. The molecular weight excluding hydrogens is 248 g/mol. The molecule has 94 valence electrons. The molecule has 0 spiro atoms. The summed E-state index contributed by atoms with van der Waals surface area (Å²) in [4.78, 5) is 13.0. The highest BCUT2D eigenvalue weighted by Gasteiger charge is 2.14. The van der Waals surface area contributed by atoms with Crippen molar-refractivity contribution in [3.8, 4) is 5.75 Å². The molecule has 1 aromatic heterocycles. The van der Waals surface area contributed by atoms with Gasteiger partial charge in [-0.1, -0.05) is 18.2 Å². The molecule has 0 unspecified atom stereocenters. The third kappa shape index (κ3) is 2.97. The molecule has 0 amide bonds. The summed E-state index contributed by atoms with van der Waals surface area (Å²) in [6.07, 6.45) is 0. The highest BCUT2D eigenvalue weighted by atomic mass is 32.1. The maximum absolute atomic E-state index is 12.3. The maximum Gasteiger partial charge on any atom is 0.206 e. The normalized spacial score (nSPS) is 10.3. The van der Waals surface area contributed by atoms with Crippen molar-refractivity contribution >= 4 is 17.1 Å². The molecule has 0 atom stereocenters. The Morgan fingerprint density at radius 3 is 2.72 bits per heavy atom. The highest BCUT2D eigenvalue weighted by molar-refractivity contribution is 7.12. The SMILES string of the molecule is COCCOc1ccccc1C(=O)c1cccs1. The second-order valence-electron chi connectivity index (χ2n) is 3.64. The van der Waals surface area contributed by atoms with E-state index < -0.39 is 0 Å². The van der Waals surface area contributed by atoms with Crippen LogP contribution >= 0.6 is 11.3 Å². The Bertz CT molecular complexity index is 506. The minimum atomic E-state index is -0.00184. The van der Waals surface area contributed by atoms with E-state index in [9.17, 15) is 4.79 Å². The largest absolute Gasteiger partial charge is 0.490 e. The minimum Gasteiger partial charge on any atom is -0.490 e. The van der Waals surface area contributed by atoms with E-state index >= 15 is 0 Å².